The third-order valence-corrected chi connectivity index (χ3v) is 3.75. The number of hydrogen-bond acceptors (Lipinski definition) is 7. The lowest BCUT2D eigenvalue weighted by Gasteiger charge is -2.37. The van der Waals surface area contributed by atoms with E-state index in [0.29, 0.717) is 11.3 Å². The molecule has 1 saturated carbocycles. The van der Waals surface area contributed by atoms with Crippen LogP contribution in [-0.4, -0.2) is 64.0 Å². The van der Waals surface area contributed by atoms with Crippen LogP contribution in [0, 0.1) is 0 Å². The quantitative estimate of drug-likeness (QED) is 0.434. The third kappa shape index (κ3) is 4.08. The fraction of sp³-hybridized carbons (Fsp3) is 0.438. The summed E-state index contributed by atoms with van der Waals surface area (Å²) in [5.74, 6) is -0.154. The lowest BCUT2D eigenvalue weighted by atomic mass is 9.87. The molecule has 126 valence electrons. The van der Waals surface area contributed by atoms with Crippen LogP contribution >= 0.6 is 0 Å². The molecule has 7 nitrogen and oxygen atoms in total. The number of aliphatic hydroxyl groups excluding tert-OH is 4. The Hall–Kier alpha value is -1.93. The lowest BCUT2D eigenvalue weighted by Crippen LogP contribution is -2.56. The second kappa shape index (κ2) is 7.56. The number of para-hydroxylation sites is 1. The Morgan fingerprint density at radius 2 is 1.83 bits per heavy atom. The summed E-state index contributed by atoms with van der Waals surface area (Å²) in [7, 11) is 1.51. The number of aliphatic hydroxyl groups is 4. The molecule has 5 atom stereocenters. The van der Waals surface area contributed by atoms with Crippen molar-refractivity contribution in [2.75, 3.05) is 7.11 Å². The summed E-state index contributed by atoms with van der Waals surface area (Å²) in [6.45, 7) is 0. The molecule has 0 saturated heterocycles. The van der Waals surface area contributed by atoms with Crippen LogP contribution in [-0.2, 0) is 9.53 Å². The summed E-state index contributed by atoms with van der Waals surface area (Å²) >= 11 is 0. The first kappa shape index (κ1) is 17.4. The normalized spacial score (nSPS) is 31.1. The Morgan fingerprint density at radius 3 is 2.52 bits per heavy atom. The Morgan fingerprint density at radius 1 is 1.13 bits per heavy atom. The zero-order valence-corrected chi connectivity index (χ0v) is 12.6. The maximum absolute atomic E-state index is 11.8. The van der Waals surface area contributed by atoms with E-state index in [1.807, 2.05) is 0 Å². The van der Waals surface area contributed by atoms with Crippen molar-refractivity contribution in [2.45, 2.75) is 36.9 Å². The molecule has 0 heterocycles. The minimum Gasteiger partial charge on any atom is -0.496 e. The van der Waals surface area contributed by atoms with Crippen molar-refractivity contribution in [3.05, 3.63) is 35.9 Å². The number of methoxy groups -OCH3 is 1. The predicted octanol–water partition coefficient (Wildman–Crippen LogP) is -0.532. The minimum atomic E-state index is -1.57. The van der Waals surface area contributed by atoms with Crippen LogP contribution in [0.2, 0.25) is 0 Å². The van der Waals surface area contributed by atoms with Crippen LogP contribution < -0.4 is 4.74 Å². The Balaban J connectivity index is 2.00. The highest BCUT2D eigenvalue weighted by molar-refractivity contribution is 5.87. The van der Waals surface area contributed by atoms with Gasteiger partial charge in [-0.1, -0.05) is 18.2 Å². The topological polar surface area (TPSA) is 116 Å². The van der Waals surface area contributed by atoms with Gasteiger partial charge < -0.3 is 29.9 Å². The maximum Gasteiger partial charge on any atom is 0.331 e. The molecule has 0 aliphatic heterocycles. The van der Waals surface area contributed by atoms with E-state index in [0.717, 1.165) is 6.08 Å². The van der Waals surface area contributed by atoms with E-state index in [-0.39, 0.29) is 6.42 Å². The van der Waals surface area contributed by atoms with Gasteiger partial charge >= 0.3 is 5.97 Å². The highest BCUT2D eigenvalue weighted by Gasteiger charge is 2.43. The predicted molar refractivity (Wildman–Crippen MR) is 80.6 cm³/mol. The van der Waals surface area contributed by atoms with Crippen molar-refractivity contribution in [3.8, 4) is 5.75 Å². The van der Waals surface area contributed by atoms with E-state index < -0.39 is 36.5 Å². The monoisotopic (exact) mass is 324 g/mol. The third-order valence-electron chi connectivity index (χ3n) is 3.75. The van der Waals surface area contributed by atoms with Crippen molar-refractivity contribution in [3.63, 3.8) is 0 Å². The van der Waals surface area contributed by atoms with Crippen LogP contribution in [0.15, 0.2) is 30.3 Å². The molecule has 0 unspecified atom stereocenters. The molecule has 2 rings (SSSR count). The number of carbonyl (C=O) groups is 1. The molecule has 1 fully saturated rings. The average molecular weight is 324 g/mol. The van der Waals surface area contributed by atoms with Gasteiger partial charge in [0.25, 0.3) is 0 Å². The van der Waals surface area contributed by atoms with Gasteiger partial charge in [-0.25, -0.2) is 4.79 Å². The van der Waals surface area contributed by atoms with Gasteiger partial charge in [0.2, 0.25) is 0 Å². The summed E-state index contributed by atoms with van der Waals surface area (Å²) in [6.07, 6.45) is -4.38. The summed E-state index contributed by atoms with van der Waals surface area (Å²) in [5.41, 5.74) is 0.673. The molecular formula is C16H20O7. The lowest BCUT2D eigenvalue weighted by molar-refractivity contribution is -0.193. The van der Waals surface area contributed by atoms with Gasteiger partial charge in [0.1, 0.15) is 30.2 Å². The van der Waals surface area contributed by atoms with Gasteiger partial charge in [0, 0.05) is 18.1 Å². The summed E-state index contributed by atoms with van der Waals surface area (Å²) < 4.78 is 10.2. The zero-order valence-electron chi connectivity index (χ0n) is 12.6. The molecule has 1 aliphatic carbocycles. The van der Waals surface area contributed by atoms with Gasteiger partial charge in [0.15, 0.2) is 0 Å². The van der Waals surface area contributed by atoms with Crippen molar-refractivity contribution >= 4 is 12.0 Å². The molecule has 0 bridgehead atoms. The standard InChI is InChI=1S/C16H20O7/c1-22-11-5-3-2-4-9(11)6-7-13(18)23-12-8-10(17)14(19)16(21)15(12)20/h2-7,10,12,14-17,19-21H,8H2,1H3/b7-6+/t10-,12-,14+,15+,16-/m1/s1. The van der Waals surface area contributed by atoms with Crippen molar-refractivity contribution in [1.82, 2.24) is 0 Å². The maximum atomic E-state index is 11.8. The first-order valence-electron chi connectivity index (χ1n) is 7.18. The number of carbonyl (C=O) groups excluding carboxylic acids is 1. The van der Waals surface area contributed by atoms with Gasteiger partial charge in [-0.15, -0.1) is 0 Å². The number of ether oxygens (including phenoxy) is 2. The number of benzene rings is 1. The molecule has 1 aromatic carbocycles. The molecule has 0 aromatic heterocycles. The zero-order chi connectivity index (χ0) is 17.0. The second-order valence-electron chi connectivity index (χ2n) is 5.33. The van der Waals surface area contributed by atoms with Gasteiger partial charge in [-0.3, -0.25) is 0 Å². The second-order valence-corrected chi connectivity index (χ2v) is 5.33. The van der Waals surface area contributed by atoms with Gasteiger partial charge in [0.05, 0.1) is 13.2 Å². The number of rotatable bonds is 4. The van der Waals surface area contributed by atoms with Crippen molar-refractivity contribution < 1.29 is 34.7 Å². The van der Waals surface area contributed by atoms with Crippen LogP contribution in [0.3, 0.4) is 0 Å². The number of esters is 1. The SMILES string of the molecule is COc1ccccc1/C=C/C(=O)O[C@@H]1C[C@@H](O)[C@H](O)[C@@H](O)[C@H]1O. The fourth-order valence-corrected chi connectivity index (χ4v) is 2.43. The van der Waals surface area contributed by atoms with E-state index >= 15 is 0 Å². The highest BCUT2D eigenvalue weighted by Crippen LogP contribution is 2.24. The molecule has 1 aliphatic rings. The molecule has 23 heavy (non-hydrogen) atoms. The average Bonchev–Trinajstić information content (AvgIpc) is 2.56. The van der Waals surface area contributed by atoms with Crippen LogP contribution in [0.5, 0.6) is 5.75 Å². The molecule has 4 N–H and O–H groups in total. The summed E-state index contributed by atoms with van der Waals surface area (Å²) in [6, 6.07) is 7.07. The van der Waals surface area contributed by atoms with Crippen molar-refractivity contribution in [2.24, 2.45) is 0 Å². The molecule has 1 aromatic rings. The first-order chi connectivity index (χ1) is 10.9. The Kier molecular flexibility index (Phi) is 5.73. The first-order valence-corrected chi connectivity index (χ1v) is 7.18. The van der Waals surface area contributed by atoms with E-state index in [1.54, 1.807) is 24.3 Å². The smallest absolute Gasteiger partial charge is 0.331 e. The minimum absolute atomic E-state index is 0.159. The molecule has 7 heteroatoms. The van der Waals surface area contributed by atoms with Crippen LogP contribution in [0.4, 0.5) is 0 Å². The fourth-order valence-electron chi connectivity index (χ4n) is 2.43. The van der Waals surface area contributed by atoms with Gasteiger partial charge in [-0.2, -0.15) is 0 Å². The van der Waals surface area contributed by atoms with Crippen LogP contribution in [0.1, 0.15) is 12.0 Å². The van der Waals surface area contributed by atoms with E-state index in [4.69, 9.17) is 9.47 Å². The van der Waals surface area contributed by atoms with Crippen LogP contribution in [0.25, 0.3) is 6.08 Å². The Bertz CT molecular complexity index is 571. The molecular weight excluding hydrogens is 304 g/mol. The highest BCUT2D eigenvalue weighted by atomic mass is 16.6. The molecule has 0 spiro atoms. The molecule has 0 radical (unpaired) electrons. The van der Waals surface area contributed by atoms with E-state index in [9.17, 15) is 25.2 Å². The van der Waals surface area contributed by atoms with Crippen molar-refractivity contribution in [1.29, 1.82) is 0 Å². The molecule has 0 amide bonds. The Labute approximate surface area is 133 Å². The van der Waals surface area contributed by atoms with Gasteiger partial charge in [-0.05, 0) is 12.1 Å². The van der Waals surface area contributed by atoms with E-state index in [2.05, 4.69) is 0 Å². The largest absolute Gasteiger partial charge is 0.496 e. The summed E-state index contributed by atoms with van der Waals surface area (Å²) in [5, 5.41) is 38.4. The summed E-state index contributed by atoms with van der Waals surface area (Å²) in [4.78, 5) is 11.8. The van der Waals surface area contributed by atoms with E-state index in [1.165, 1.54) is 13.2 Å². The number of hydrogen-bond donors (Lipinski definition) is 4.